The van der Waals surface area contributed by atoms with Gasteiger partial charge >= 0.3 is 5.97 Å². The maximum atomic E-state index is 13.2. The van der Waals surface area contributed by atoms with Crippen molar-refractivity contribution in [2.75, 3.05) is 6.61 Å². The van der Waals surface area contributed by atoms with Gasteiger partial charge in [-0.1, -0.05) is 43.3 Å². The number of phenolic OH excluding ortho intramolecular Hbond substituents is 1. The maximum Gasteiger partial charge on any atom is 0.335 e. The van der Waals surface area contributed by atoms with Crippen molar-refractivity contribution < 1.29 is 49.7 Å². The third-order valence-corrected chi connectivity index (χ3v) is 7.33. The minimum atomic E-state index is -1.96. The number of hydrogen-bond acceptors (Lipinski definition) is 9. The largest absolute Gasteiger partial charge is 0.506 e. The first-order chi connectivity index (χ1) is 18.5. The number of aliphatic hydroxyl groups is 4. The fourth-order valence-electron chi connectivity index (χ4n) is 5.07. The molecule has 0 saturated carbocycles. The average molecular weight is 541 g/mol. The lowest BCUT2D eigenvalue weighted by molar-refractivity contribution is -0.313. The van der Waals surface area contributed by atoms with Crippen LogP contribution in [-0.2, 0) is 11.2 Å². The molecule has 1 aliphatic heterocycles. The number of Topliss-reactive ketones (excluding diaryl/α,β-unsaturated/α-hetero) is 1. The number of aryl methyl sites for hydroxylation is 2. The summed E-state index contributed by atoms with van der Waals surface area (Å²) in [6, 6.07) is 13.4. The van der Waals surface area contributed by atoms with E-state index in [4.69, 9.17) is 9.47 Å². The van der Waals surface area contributed by atoms with Crippen LogP contribution in [0.2, 0.25) is 0 Å². The molecule has 0 spiro atoms. The zero-order valence-electron chi connectivity index (χ0n) is 21.6. The van der Waals surface area contributed by atoms with Gasteiger partial charge in [-0.3, -0.25) is 4.79 Å². The number of benzene rings is 3. The number of rotatable bonds is 9. The van der Waals surface area contributed by atoms with Crippen LogP contribution in [-0.4, -0.2) is 79.2 Å². The molecule has 3 aromatic rings. The summed E-state index contributed by atoms with van der Waals surface area (Å²) in [6.07, 6.45) is -6.02. The van der Waals surface area contributed by atoms with Gasteiger partial charge in [0.2, 0.25) is 6.29 Å². The molecule has 3 aromatic carbocycles. The van der Waals surface area contributed by atoms with E-state index in [1.54, 1.807) is 19.9 Å². The fourth-order valence-corrected chi connectivity index (χ4v) is 5.07. The summed E-state index contributed by atoms with van der Waals surface area (Å²) in [5.41, 5.74) is -0.730. The topological polar surface area (TPSA) is 174 Å². The Hall–Kier alpha value is -3.54. The molecule has 208 valence electrons. The molecular weight excluding hydrogens is 508 g/mol. The normalized spacial score (nSPS) is 25.0. The van der Waals surface area contributed by atoms with Gasteiger partial charge in [0.15, 0.2) is 5.78 Å². The summed E-state index contributed by atoms with van der Waals surface area (Å²) in [4.78, 5) is 25.0. The smallest absolute Gasteiger partial charge is 0.335 e. The van der Waals surface area contributed by atoms with Crippen molar-refractivity contribution in [1.82, 2.24) is 0 Å². The summed E-state index contributed by atoms with van der Waals surface area (Å²) in [6.45, 7) is 2.47. The average Bonchev–Trinajstić information content (AvgIpc) is 2.92. The molecule has 1 aliphatic rings. The second-order valence-corrected chi connectivity index (χ2v) is 9.78. The van der Waals surface area contributed by atoms with E-state index in [0.29, 0.717) is 12.0 Å². The highest BCUT2D eigenvalue weighted by atomic mass is 16.7. The highest BCUT2D eigenvalue weighted by Gasteiger charge is 2.54. The highest BCUT2D eigenvalue weighted by Crippen LogP contribution is 2.41. The lowest BCUT2D eigenvalue weighted by Crippen LogP contribution is -2.67. The van der Waals surface area contributed by atoms with E-state index in [0.717, 1.165) is 11.6 Å². The number of fused-ring (bicyclic) bond motifs is 1. The van der Waals surface area contributed by atoms with Crippen molar-refractivity contribution in [2.45, 2.75) is 63.3 Å². The molecule has 0 amide bonds. The molecule has 6 N–H and O–H groups in total. The third kappa shape index (κ3) is 5.34. The quantitative estimate of drug-likeness (QED) is 0.221. The zero-order valence-corrected chi connectivity index (χ0v) is 21.6. The molecule has 5 atom stereocenters. The van der Waals surface area contributed by atoms with Crippen molar-refractivity contribution >= 4 is 22.5 Å². The van der Waals surface area contributed by atoms with Gasteiger partial charge in [-0.15, -0.1) is 0 Å². The lowest BCUT2D eigenvalue weighted by atomic mass is 9.82. The van der Waals surface area contributed by atoms with Gasteiger partial charge in [0.25, 0.3) is 0 Å². The number of phenols is 1. The van der Waals surface area contributed by atoms with Crippen molar-refractivity contribution in [3.63, 3.8) is 0 Å². The fraction of sp³-hybridized carbons (Fsp3) is 0.379. The zero-order chi connectivity index (χ0) is 28.5. The Kier molecular flexibility index (Phi) is 8.24. The van der Waals surface area contributed by atoms with Crippen LogP contribution in [0.1, 0.15) is 51.6 Å². The third-order valence-electron chi connectivity index (χ3n) is 7.33. The number of hydrogen-bond donors (Lipinski definition) is 6. The number of carbonyl (C=O) groups is 2. The summed E-state index contributed by atoms with van der Waals surface area (Å²) < 4.78 is 11.4. The Morgan fingerprint density at radius 1 is 1.10 bits per heavy atom. The molecule has 0 aliphatic carbocycles. The Morgan fingerprint density at radius 3 is 2.41 bits per heavy atom. The van der Waals surface area contributed by atoms with Crippen molar-refractivity contribution in [2.24, 2.45) is 0 Å². The van der Waals surface area contributed by atoms with Crippen LogP contribution >= 0.6 is 0 Å². The Bertz CT molecular complexity index is 1370. The van der Waals surface area contributed by atoms with Crippen LogP contribution in [0.15, 0.2) is 48.5 Å². The standard InChI is InChI=1S/C29H32O10/c1-3-29(37)21(14-30)39-28(25(33)26(29)34)38-20-13-18(27(35)36)12-17-11-15(2)22(24(32)23(17)20)19(31)10-9-16-7-5-4-6-8-16/h4-8,11-13,21,25-26,28,30,32-34,37H,3,9-10,14H2,1-2H3,(H,35,36)/t21-,25-,26-,28-,29-/m1/s1. The van der Waals surface area contributed by atoms with Gasteiger partial charge in [-0.2, -0.15) is 0 Å². The monoisotopic (exact) mass is 540 g/mol. The first-order valence-corrected chi connectivity index (χ1v) is 12.6. The number of aromatic carboxylic acids is 1. The first-order valence-electron chi connectivity index (χ1n) is 12.6. The molecule has 4 rings (SSSR count). The van der Waals surface area contributed by atoms with E-state index < -0.39 is 48.5 Å². The van der Waals surface area contributed by atoms with Crippen molar-refractivity contribution in [3.05, 3.63) is 70.8 Å². The number of carboxylic acids is 1. The van der Waals surface area contributed by atoms with Crippen molar-refractivity contribution in [3.8, 4) is 11.5 Å². The molecule has 0 bridgehead atoms. The SMILES string of the molecule is CC[C@]1(O)[C@H](O)[C@@H](O)[C@H](Oc2cc(C(=O)O)cc3cc(C)c(C(=O)CCc4ccccc4)c(O)c23)O[C@@H]1CO. The van der Waals surface area contributed by atoms with Crippen LogP contribution in [0.25, 0.3) is 10.8 Å². The van der Waals surface area contributed by atoms with Gasteiger partial charge < -0.3 is 40.1 Å². The molecule has 1 fully saturated rings. The van der Waals surface area contributed by atoms with Gasteiger partial charge in [0.05, 0.1) is 23.1 Å². The van der Waals surface area contributed by atoms with Crippen molar-refractivity contribution in [1.29, 1.82) is 0 Å². The summed E-state index contributed by atoms with van der Waals surface area (Å²) in [7, 11) is 0. The number of ketones is 1. The van der Waals surface area contributed by atoms with Crippen LogP contribution in [0.3, 0.4) is 0 Å². The Balaban J connectivity index is 1.76. The molecule has 1 saturated heterocycles. The predicted octanol–water partition coefficient (Wildman–Crippen LogP) is 2.33. The minimum Gasteiger partial charge on any atom is -0.506 e. The van der Waals surface area contributed by atoms with Crippen LogP contribution in [0, 0.1) is 6.92 Å². The highest BCUT2D eigenvalue weighted by molar-refractivity contribution is 6.09. The van der Waals surface area contributed by atoms with E-state index in [2.05, 4.69) is 0 Å². The maximum absolute atomic E-state index is 13.2. The molecule has 0 radical (unpaired) electrons. The number of carboxylic acid groups (broad SMARTS) is 1. The molecule has 1 heterocycles. The molecule has 10 heteroatoms. The molecule has 0 aromatic heterocycles. The predicted molar refractivity (Wildman–Crippen MR) is 140 cm³/mol. The van der Waals surface area contributed by atoms with Gasteiger partial charge in [0.1, 0.15) is 35.4 Å². The van der Waals surface area contributed by atoms with E-state index in [1.165, 1.54) is 6.07 Å². The van der Waals surface area contributed by atoms with Crippen LogP contribution in [0.4, 0.5) is 0 Å². The molecule has 39 heavy (non-hydrogen) atoms. The number of carbonyl (C=O) groups excluding carboxylic acids is 1. The summed E-state index contributed by atoms with van der Waals surface area (Å²) >= 11 is 0. The van der Waals surface area contributed by atoms with E-state index in [-0.39, 0.29) is 46.3 Å². The van der Waals surface area contributed by atoms with E-state index >= 15 is 0 Å². The second-order valence-electron chi connectivity index (χ2n) is 9.78. The summed E-state index contributed by atoms with van der Waals surface area (Å²) in [5, 5.41) is 63.0. The number of aromatic hydroxyl groups is 1. The second kappa shape index (κ2) is 11.3. The van der Waals surface area contributed by atoms with Gasteiger partial charge in [-0.25, -0.2) is 4.79 Å². The Labute approximate surface area is 224 Å². The lowest BCUT2D eigenvalue weighted by Gasteiger charge is -2.47. The van der Waals surface area contributed by atoms with Crippen LogP contribution in [0.5, 0.6) is 11.5 Å². The minimum absolute atomic E-state index is 0.0100. The van der Waals surface area contributed by atoms with Gasteiger partial charge in [-0.05, 0) is 48.4 Å². The first kappa shape index (κ1) is 28.5. The van der Waals surface area contributed by atoms with E-state index in [1.807, 2.05) is 30.3 Å². The van der Waals surface area contributed by atoms with E-state index in [9.17, 15) is 40.2 Å². The number of ether oxygens (including phenoxy) is 2. The van der Waals surface area contributed by atoms with Gasteiger partial charge in [0, 0.05) is 6.42 Å². The molecular formula is C29H32O10. The molecule has 10 nitrogen and oxygen atoms in total. The summed E-state index contributed by atoms with van der Waals surface area (Å²) in [5.74, 6) is -2.28. The molecule has 0 unspecified atom stereocenters. The number of aliphatic hydroxyl groups excluding tert-OH is 3. The Morgan fingerprint density at radius 2 is 1.79 bits per heavy atom. The van der Waals surface area contributed by atoms with Crippen LogP contribution < -0.4 is 4.74 Å².